The molecule has 0 aromatic heterocycles. The number of rotatable bonds is 7. The Morgan fingerprint density at radius 2 is 1.88 bits per heavy atom. The van der Waals surface area contributed by atoms with Gasteiger partial charge in [-0.1, -0.05) is 29.8 Å². The molecule has 4 rings (SSSR count). The van der Waals surface area contributed by atoms with E-state index in [0.29, 0.717) is 41.8 Å². The largest absolute Gasteiger partial charge is 0.493 e. The number of ether oxygens (including phenoxy) is 2. The number of nitrogens with zero attached hydrogens (tertiary/aromatic N) is 2. The molecule has 0 unspecified atom stereocenters. The summed E-state index contributed by atoms with van der Waals surface area (Å²) >= 11 is 6.86. The first-order chi connectivity index (χ1) is 16.4. The molecule has 2 aliphatic heterocycles. The molecule has 0 N–H and O–H groups in total. The number of benzene rings is 2. The van der Waals surface area contributed by atoms with Gasteiger partial charge in [-0.25, -0.2) is 0 Å². The Kier molecular flexibility index (Phi) is 7.80. The van der Waals surface area contributed by atoms with Gasteiger partial charge in [0.05, 0.1) is 12.0 Å². The maximum atomic E-state index is 12.8. The van der Waals surface area contributed by atoms with Crippen molar-refractivity contribution >= 4 is 46.5 Å². The molecule has 2 fully saturated rings. The summed E-state index contributed by atoms with van der Waals surface area (Å²) in [7, 11) is 1.53. The zero-order chi connectivity index (χ0) is 24.1. The van der Waals surface area contributed by atoms with Gasteiger partial charge in [-0.05, 0) is 72.5 Å². The smallest absolute Gasteiger partial charge is 0.294 e. The summed E-state index contributed by atoms with van der Waals surface area (Å²) in [5.74, 6) is 0.391. The van der Waals surface area contributed by atoms with E-state index in [1.54, 1.807) is 35.2 Å². The maximum Gasteiger partial charge on any atom is 0.294 e. The van der Waals surface area contributed by atoms with Gasteiger partial charge >= 0.3 is 0 Å². The molecule has 9 heteroatoms. The zero-order valence-electron chi connectivity index (χ0n) is 18.8. The highest BCUT2D eigenvalue weighted by molar-refractivity contribution is 8.18. The first kappa shape index (κ1) is 24.2. The van der Waals surface area contributed by atoms with E-state index in [-0.39, 0.29) is 17.4 Å². The summed E-state index contributed by atoms with van der Waals surface area (Å²) in [6, 6.07) is 12.7. The number of imide groups is 1. The van der Waals surface area contributed by atoms with Crippen LogP contribution >= 0.6 is 23.4 Å². The van der Waals surface area contributed by atoms with Crippen molar-refractivity contribution in [1.82, 2.24) is 9.80 Å². The molecule has 2 heterocycles. The lowest BCUT2D eigenvalue weighted by Gasteiger charge is -2.27. The number of likely N-dealkylation sites (tertiary alicyclic amines) is 1. The van der Waals surface area contributed by atoms with Crippen LogP contribution in [-0.2, 0) is 16.2 Å². The van der Waals surface area contributed by atoms with Crippen LogP contribution < -0.4 is 9.47 Å². The molecule has 34 heavy (non-hydrogen) atoms. The van der Waals surface area contributed by atoms with E-state index in [0.717, 1.165) is 41.5 Å². The summed E-state index contributed by atoms with van der Waals surface area (Å²) in [6.45, 7) is 1.45. The van der Waals surface area contributed by atoms with E-state index >= 15 is 0 Å². The number of hydrogen-bond acceptors (Lipinski definition) is 6. The van der Waals surface area contributed by atoms with Gasteiger partial charge < -0.3 is 14.4 Å². The number of hydrogen-bond donors (Lipinski definition) is 0. The Morgan fingerprint density at radius 3 is 2.62 bits per heavy atom. The predicted octanol–water partition coefficient (Wildman–Crippen LogP) is 4.98. The number of methoxy groups -OCH3 is 1. The van der Waals surface area contributed by atoms with Gasteiger partial charge in [-0.15, -0.1) is 0 Å². The third-order valence-electron chi connectivity index (χ3n) is 5.64. The minimum Gasteiger partial charge on any atom is -0.493 e. The van der Waals surface area contributed by atoms with Crippen LogP contribution in [0.25, 0.3) is 6.08 Å². The highest BCUT2D eigenvalue weighted by Gasteiger charge is 2.37. The number of amides is 3. The molecule has 2 aromatic carbocycles. The minimum atomic E-state index is -0.458. The Balaban J connectivity index is 1.43. The fourth-order valence-electron chi connectivity index (χ4n) is 3.85. The van der Waals surface area contributed by atoms with Gasteiger partial charge in [0.15, 0.2) is 11.5 Å². The van der Waals surface area contributed by atoms with E-state index in [2.05, 4.69) is 0 Å². The molecule has 3 amide bonds. The van der Waals surface area contributed by atoms with Crippen molar-refractivity contribution in [3.05, 3.63) is 63.5 Å². The lowest BCUT2D eigenvalue weighted by atomic mass is 10.1. The number of thioether (sulfide) groups is 1. The van der Waals surface area contributed by atoms with E-state index in [1.807, 2.05) is 18.2 Å². The van der Waals surface area contributed by atoms with Crippen molar-refractivity contribution in [3.63, 3.8) is 0 Å². The van der Waals surface area contributed by atoms with Crippen LogP contribution in [-0.4, -0.2) is 53.6 Å². The highest BCUT2D eigenvalue weighted by Crippen LogP contribution is 2.35. The molecule has 2 saturated heterocycles. The first-order valence-electron chi connectivity index (χ1n) is 11.0. The molecule has 0 spiro atoms. The fourth-order valence-corrected chi connectivity index (χ4v) is 4.90. The third kappa shape index (κ3) is 5.74. The van der Waals surface area contributed by atoms with Gasteiger partial charge in [0.2, 0.25) is 5.91 Å². The predicted molar refractivity (Wildman–Crippen MR) is 132 cm³/mol. The normalized spacial score (nSPS) is 17.4. The fraction of sp³-hybridized carbons (Fsp3) is 0.320. The average Bonchev–Trinajstić information content (AvgIpc) is 3.11. The second kappa shape index (κ2) is 11.0. The lowest BCUT2D eigenvalue weighted by Crippen LogP contribution is -2.44. The summed E-state index contributed by atoms with van der Waals surface area (Å²) < 4.78 is 11.3. The second-order valence-electron chi connectivity index (χ2n) is 8.04. The van der Waals surface area contributed by atoms with E-state index in [9.17, 15) is 14.4 Å². The molecule has 0 bridgehead atoms. The van der Waals surface area contributed by atoms with Crippen molar-refractivity contribution in [2.24, 2.45) is 0 Å². The number of carbonyl (C=O) groups is 3. The zero-order valence-corrected chi connectivity index (χ0v) is 20.4. The Hall–Kier alpha value is -2.97. The van der Waals surface area contributed by atoms with E-state index in [1.165, 1.54) is 7.11 Å². The van der Waals surface area contributed by atoms with Crippen molar-refractivity contribution in [3.8, 4) is 11.5 Å². The minimum absolute atomic E-state index is 0.189. The Labute approximate surface area is 207 Å². The van der Waals surface area contributed by atoms with Crippen molar-refractivity contribution in [2.75, 3.05) is 26.7 Å². The highest BCUT2D eigenvalue weighted by atomic mass is 35.5. The van der Waals surface area contributed by atoms with Crippen LogP contribution in [0.2, 0.25) is 5.02 Å². The van der Waals surface area contributed by atoms with Gasteiger partial charge in [0.1, 0.15) is 13.2 Å². The molecule has 0 aliphatic carbocycles. The molecule has 178 valence electrons. The van der Waals surface area contributed by atoms with Gasteiger partial charge in [-0.2, -0.15) is 0 Å². The molecular formula is C25H25ClN2O5S. The standard InChI is InChI=1S/C25H25ClN2O5S/c1-32-21-13-17(8-9-20(21)33-16-18-6-5-7-19(26)12-18)14-22-24(30)28(25(31)34-22)15-23(29)27-10-3-2-4-11-27/h5-9,12-14H,2-4,10-11,15-16H2,1H3/b22-14-. The van der Waals surface area contributed by atoms with Gasteiger partial charge in [-0.3, -0.25) is 19.3 Å². The van der Waals surface area contributed by atoms with Crippen molar-refractivity contribution in [2.45, 2.75) is 25.9 Å². The maximum absolute atomic E-state index is 12.8. The van der Waals surface area contributed by atoms with Crippen LogP contribution in [0.1, 0.15) is 30.4 Å². The SMILES string of the molecule is COc1cc(/C=C2\SC(=O)N(CC(=O)N3CCCCC3)C2=O)ccc1OCc1cccc(Cl)c1. The summed E-state index contributed by atoms with van der Waals surface area (Å²) in [5.41, 5.74) is 1.60. The third-order valence-corrected chi connectivity index (χ3v) is 6.79. The molecular weight excluding hydrogens is 476 g/mol. The Bertz CT molecular complexity index is 1130. The number of piperidine rings is 1. The van der Waals surface area contributed by atoms with Crippen molar-refractivity contribution < 1.29 is 23.9 Å². The summed E-state index contributed by atoms with van der Waals surface area (Å²) in [5, 5.41) is 0.199. The van der Waals surface area contributed by atoms with Crippen molar-refractivity contribution in [1.29, 1.82) is 0 Å². The summed E-state index contributed by atoms with van der Waals surface area (Å²) in [4.78, 5) is 40.8. The molecule has 0 radical (unpaired) electrons. The van der Waals surface area contributed by atoms with Crippen LogP contribution in [0, 0.1) is 0 Å². The first-order valence-corrected chi connectivity index (χ1v) is 12.2. The average molecular weight is 501 g/mol. The molecule has 0 saturated carbocycles. The lowest BCUT2D eigenvalue weighted by molar-refractivity contribution is -0.136. The van der Waals surface area contributed by atoms with Gasteiger partial charge in [0, 0.05) is 18.1 Å². The van der Waals surface area contributed by atoms with Gasteiger partial charge in [0.25, 0.3) is 11.1 Å². The molecule has 7 nitrogen and oxygen atoms in total. The van der Waals surface area contributed by atoms with Crippen LogP contribution in [0.4, 0.5) is 4.79 Å². The second-order valence-corrected chi connectivity index (χ2v) is 9.47. The van der Waals surface area contributed by atoms with E-state index in [4.69, 9.17) is 21.1 Å². The molecule has 0 atom stereocenters. The summed E-state index contributed by atoms with van der Waals surface area (Å²) in [6.07, 6.45) is 4.63. The van der Waals surface area contributed by atoms with Crippen LogP contribution in [0.3, 0.4) is 0 Å². The number of carbonyl (C=O) groups excluding carboxylic acids is 3. The van der Waals surface area contributed by atoms with Crippen LogP contribution in [0.5, 0.6) is 11.5 Å². The Morgan fingerprint density at radius 1 is 1.09 bits per heavy atom. The molecule has 2 aromatic rings. The topological polar surface area (TPSA) is 76.2 Å². The van der Waals surface area contributed by atoms with Crippen LogP contribution in [0.15, 0.2) is 47.4 Å². The quantitative estimate of drug-likeness (QED) is 0.499. The van der Waals surface area contributed by atoms with E-state index < -0.39 is 11.1 Å². The number of halogens is 1. The molecule has 2 aliphatic rings. The monoisotopic (exact) mass is 500 g/mol.